The fourth-order valence-corrected chi connectivity index (χ4v) is 9.23. The second-order valence-electron chi connectivity index (χ2n) is 16.0. The topological polar surface area (TPSA) is 184 Å². The SMILES string of the molecule is CO[C@H]1[C@H](O)[C@@H](O)[C@H](N2c3ccccc3[C@@H]3[C@@H]4C(=O)N(C)C(=O)[C@@H]4c4c([nH]c5ccccc45)[C@@H]32)O[C@@H]1CO[C@H]1C[C@H](O)[C@@H](N(C)C(=O)OC(C)(C)C)CO1. The minimum Gasteiger partial charge on any atom is -0.444 e. The van der Waals surface area contributed by atoms with E-state index in [0.29, 0.717) is 5.69 Å². The maximum atomic E-state index is 14.0. The second-order valence-corrected chi connectivity index (χ2v) is 16.0. The molecule has 3 aromatic rings. The summed E-state index contributed by atoms with van der Waals surface area (Å²) in [5, 5.41) is 35.3. The van der Waals surface area contributed by atoms with Gasteiger partial charge in [-0.3, -0.25) is 14.5 Å². The average molecular weight is 749 g/mol. The Bertz CT molecular complexity index is 1950. The molecule has 15 nitrogen and oxygen atoms in total. The van der Waals surface area contributed by atoms with Gasteiger partial charge in [0.25, 0.3) is 0 Å². The Morgan fingerprint density at radius 3 is 2.46 bits per heavy atom. The number of hydrogen-bond donors (Lipinski definition) is 4. The van der Waals surface area contributed by atoms with Gasteiger partial charge in [-0.05, 0) is 44.0 Å². The number of aromatic nitrogens is 1. The lowest BCUT2D eigenvalue weighted by molar-refractivity contribution is -0.263. The summed E-state index contributed by atoms with van der Waals surface area (Å²) in [6, 6.07) is 14.0. The van der Waals surface area contributed by atoms with E-state index in [1.54, 1.807) is 27.8 Å². The molecule has 12 atom stereocenters. The number of hydrogen-bond acceptors (Lipinski definition) is 12. The molecule has 5 aliphatic rings. The highest BCUT2D eigenvalue weighted by molar-refractivity contribution is 6.11. The molecule has 15 heteroatoms. The van der Waals surface area contributed by atoms with Crippen molar-refractivity contribution in [2.24, 2.45) is 5.92 Å². The molecule has 2 aromatic carbocycles. The van der Waals surface area contributed by atoms with E-state index in [1.807, 2.05) is 53.4 Å². The number of methoxy groups -OCH3 is 1. The minimum atomic E-state index is -1.45. The third-order valence-corrected chi connectivity index (χ3v) is 11.7. The Morgan fingerprint density at radius 2 is 1.74 bits per heavy atom. The highest BCUT2D eigenvalue weighted by Gasteiger charge is 2.63. The number of likely N-dealkylation sites (N-methyl/N-ethyl adjacent to an activating group) is 2. The first-order valence-corrected chi connectivity index (χ1v) is 18.4. The van der Waals surface area contributed by atoms with E-state index in [0.717, 1.165) is 27.7 Å². The van der Waals surface area contributed by atoms with Gasteiger partial charge in [-0.15, -0.1) is 0 Å². The van der Waals surface area contributed by atoms with Crippen LogP contribution in [-0.4, -0.2) is 137 Å². The van der Waals surface area contributed by atoms with E-state index >= 15 is 0 Å². The molecule has 0 radical (unpaired) electrons. The van der Waals surface area contributed by atoms with Gasteiger partial charge in [0.1, 0.15) is 30.0 Å². The Morgan fingerprint density at radius 1 is 1.02 bits per heavy atom. The first kappa shape index (κ1) is 36.9. The number of fused-ring (bicyclic) bond motifs is 10. The van der Waals surface area contributed by atoms with Crippen LogP contribution < -0.4 is 4.90 Å². The number of aromatic amines is 1. The zero-order chi connectivity index (χ0) is 38.4. The summed E-state index contributed by atoms with van der Waals surface area (Å²) < 4.78 is 29.9. The van der Waals surface area contributed by atoms with Gasteiger partial charge in [0.2, 0.25) is 11.8 Å². The number of benzene rings is 2. The highest BCUT2D eigenvalue weighted by Crippen LogP contribution is 2.63. The molecule has 8 rings (SSSR count). The Balaban J connectivity index is 1.08. The molecule has 0 bridgehead atoms. The van der Waals surface area contributed by atoms with Crippen molar-refractivity contribution in [2.45, 2.75) is 99.8 Å². The van der Waals surface area contributed by atoms with Crippen molar-refractivity contribution in [3.05, 3.63) is 65.4 Å². The van der Waals surface area contributed by atoms with Crippen LogP contribution in [0.1, 0.15) is 61.9 Å². The van der Waals surface area contributed by atoms with Gasteiger partial charge in [0.15, 0.2) is 12.5 Å². The molecule has 5 heterocycles. The average Bonchev–Trinajstić information content (AvgIpc) is 3.76. The van der Waals surface area contributed by atoms with E-state index in [2.05, 4.69) is 4.98 Å². The maximum absolute atomic E-state index is 14.0. The number of para-hydroxylation sites is 2. The molecular weight excluding hydrogens is 700 g/mol. The van der Waals surface area contributed by atoms with Gasteiger partial charge in [0, 0.05) is 55.8 Å². The van der Waals surface area contributed by atoms with E-state index in [1.165, 1.54) is 24.0 Å². The Hall–Kier alpha value is -4.09. The van der Waals surface area contributed by atoms with Crippen molar-refractivity contribution < 1.29 is 53.4 Å². The quantitative estimate of drug-likeness (QED) is 0.271. The number of rotatable bonds is 6. The van der Waals surface area contributed by atoms with Crippen molar-refractivity contribution in [1.82, 2.24) is 14.8 Å². The number of nitrogens with one attached hydrogen (secondary N) is 1. The number of anilines is 1. The van der Waals surface area contributed by atoms with Crippen molar-refractivity contribution >= 4 is 34.5 Å². The van der Waals surface area contributed by atoms with Crippen molar-refractivity contribution in [2.75, 3.05) is 39.3 Å². The maximum Gasteiger partial charge on any atom is 0.410 e. The van der Waals surface area contributed by atoms with Gasteiger partial charge in [0.05, 0.1) is 43.2 Å². The molecule has 0 unspecified atom stereocenters. The predicted molar refractivity (Wildman–Crippen MR) is 192 cm³/mol. The summed E-state index contributed by atoms with van der Waals surface area (Å²) in [4.78, 5) is 48.5. The molecule has 3 fully saturated rings. The van der Waals surface area contributed by atoms with Crippen molar-refractivity contribution in [1.29, 1.82) is 0 Å². The number of carbonyl (C=O) groups excluding carboxylic acids is 3. The first-order chi connectivity index (χ1) is 25.7. The highest BCUT2D eigenvalue weighted by atomic mass is 16.7. The number of likely N-dealkylation sites (tertiary alicyclic amines) is 1. The lowest BCUT2D eigenvalue weighted by atomic mass is 9.68. The van der Waals surface area contributed by atoms with Gasteiger partial charge in [-0.2, -0.15) is 0 Å². The summed E-state index contributed by atoms with van der Waals surface area (Å²) in [5.41, 5.74) is 3.15. The standard InChI is InChI=1S/C39H48N4O11/c1-39(2,3)54-38(49)41(4)22-16-51-25(15-23(22)44)52-17-24-34(50-6)32(45)33(46)37(53-24)43-21-14-10-8-12-19(21)27-29-28(35(47)42(5)36(29)48)26-18-11-7-9-13-20(18)40-30(26)31(27)43/h7-14,22-25,27-29,31-34,37,40,44-46H,15-17H2,1-6H3/t22-,23-,24+,25-,27+,28+,29-,31+,32+,33+,34+,37+/m0/s1. The summed E-state index contributed by atoms with van der Waals surface area (Å²) in [6.45, 7) is 5.15. The summed E-state index contributed by atoms with van der Waals surface area (Å²) >= 11 is 0. The number of H-pyrrole nitrogens is 1. The fraction of sp³-hybridized carbons (Fsp3) is 0.564. The molecule has 1 aliphatic carbocycles. The fourth-order valence-electron chi connectivity index (χ4n) is 9.23. The second kappa shape index (κ2) is 13.6. The Kier molecular flexibility index (Phi) is 9.27. The molecule has 0 saturated carbocycles. The lowest BCUT2D eigenvalue weighted by Crippen LogP contribution is -2.64. The smallest absolute Gasteiger partial charge is 0.410 e. The molecule has 54 heavy (non-hydrogen) atoms. The minimum absolute atomic E-state index is 0.0101. The van der Waals surface area contributed by atoms with Crippen LogP contribution in [0.3, 0.4) is 0 Å². The number of ether oxygens (including phenoxy) is 5. The summed E-state index contributed by atoms with van der Waals surface area (Å²) in [5.74, 6) is -2.39. The van der Waals surface area contributed by atoms with Crippen molar-refractivity contribution in [3.8, 4) is 0 Å². The third kappa shape index (κ3) is 5.79. The zero-order valence-corrected chi connectivity index (χ0v) is 31.1. The van der Waals surface area contributed by atoms with Crippen LogP contribution in [0.5, 0.6) is 0 Å². The lowest BCUT2D eigenvalue weighted by Gasteiger charge is -2.49. The van der Waals surface area contributed by atoms with E-state index in [4.69, 9.17) is 23.7 Å². The predicted octanol–water partition coefficient (Wildman–Crippen LogP) is 2.35. The molecule has 3 saturated heterocycles. The zero-order valence-electron chi connectivity index (χ0n) is 31.1. The molecular formula is C39H48N4O11. The molecule has 4 N–H and O–H groups in total. The number of nitrogens with zero attached hydrogens (tertiary/aromatic N) is 3. The van der Waals surface area contributed by atoms with E-state index < -0.39 is 84.6 Å². The molecule has 1 aromatic heterocycles. The number of aliphatic hydroxyl groups is 3. The number of imide groups is 1. The van der Waals surface area contributed by atoms with Crippen LogP contribution in [0.4, 0.5) is 10.5 Å². The van der Waals surface area contributed by atoms with Crippen LogP contribution in [-0.2, 0) is 33.3 Å². The number of aliphatic hydroxyl groups excluding tert-OH is 3. The van der Waals surface area contributed by atoms with Crippen molar-refractivity contribution in [3.63, 3.8) is 0 Å². The molecule has 290 valence electrons. The van der Waals surface area contributed by atoms with Gasteiger partial charge in [-0.1, -0.05) is 36.4 Å². The van der Waals surface area contributed by atoms with E-state index in [9.17, 15) is 29.7 Å². The van der Waals surface area contributed by atoms with E-state index in [-0.39, 0.29) is 31.4 Å². The summed E-state index contributed by atoms with van der Waals surface area (Å²) in [7, 11) is 4.48. The van der Waals surface area contributed by atoms with Crippen LogP contribution in [0, 0.1) is 5.92 Å². The molecule has 4 aliphatic heterocycles. The molecule has 0 spiro atoms. The van der Waals surface area contributed by atoms with Crippen LogP contribution >= 0.6 is 0 Å². The third-order valence-electron chi connectivity index (χ3n) is 11.7. The number of amides is 3. The summed E-state index contributed by atoms with van der Waals surface area (Å²) in [6.07, 6.45) is -8.28. The van der Waals surface area contributed by atoms with Gasteiger partial charge >= 0.3 is 6.09 Å². The first-order valence-electron chi connectivity index (χ1n) is 18.4. The molecule has 3 amide bonds. The van der Waals surface area contributed by atoms with Gasteiger partial charge in [-0.25, -0.2) is 4.79 Å². The van der Waals surface area contributed by atoms with Crippen LogP contribution in [0.2, 0.25) is 0 Å². The van der Waals surface area contributed by atoms with Crippen LogP contribution in [0.15, 0.2) is 48.5 Å². The Labute approximate surface area is 312 Å². The number of carbonyl (C=O) groups is 3. The van der Waals surface area contributed by atoms with Gasteiger partial charge < -0.3 is 53.8 Å². The largest absolute Gasteiger partial charge is 0.444 e. The van der Waals surface area contributed by atoms with Crippen LogP contribution in [0.25, 0.3) is 10.9 Å². The monoisotopic (exact) mass is 748 g/mol. The normalized spacial score (nSPS) is 34.8.